The number of carbonyl (C=O) groups excluding carboxylic acids is 1. The van der Waals surface area contributed by atoms with Gasteiger partial charge in [0.15, 0.2) is 0 Å². The SMILES string of the molecule is Cc1ccc(N2CCC3(CC2)CC3C(=O)OF)nc1. The molecule has 1 atom stereocenters. The molecule has 1 aromatic rings. The van der Waals surface area contributed by atoms with Crippen molar-refractivity contribution in [3.05, 3.63) is 23.9 Å². The predicted octanol–water partition coefficient (Wildman–Crippen LogP) is 2.42. The van der Waals surface area contributed by atoms with Crippen molar-refractivity contribution in [1.82, 2.24) is 4.98 Å². The summed E-state index contributed by atoms with van der Waals surface area (Å²) in [4.78, 5) is 21.2. The molecule has 2 fully saturated rings. The lowest BCUT2D eigenvalue weighted by molar-refractivity contribution is -0.186. The van der Waals surface area contributed by atoms with Crippen LogP contribution in [0, 0.1) is 18.3 Å². The van der Waals surface area contributed by atoms with Gasteiger partial charge in [-0.05, 0) is 43.2 Å². The maximum absolute atomic E-state index is 11.9. The number of halogens is 1. The van der Waals surface area contributed by atoms with Crippen LogP contribution in [0.25, 0.3) is 0 Å². The van der Waals surface area contributed by atoms with E-state index in [0.717, 1.165) is 43.7 Å². The van der Waals surface area contributed by atoms with Crippen molar-refractivity contribution in [3.63, 3.8) is 0 Å². The van der Waals surface area contributed by atoms with Gasteiger partial charge >= 0.3 is 5.97 Å². The molecule has 0 amide bonds. The molecule has 102 valence electrons. The highest BCUT2D eigenvalue weighted by atomic mass is 19.3. The Morgan fingerprint density at radius 3 is 2.79 bits per heavy atom. The van der Waals surface area contributed by atoms with Crippen molar-refractivity contribution >= 4 is 11.8 Å². The zero-order valence-corrected chi connectivity index (χ0v) is 10.9. The third-order valence-corrected chi connectivity index (χ3v) is 4.53. The maximum Gasteiger partial charge on any atom is 0.352 e. The van der Waals surface area contributed by atoms with E-state index in [1.54, 1.807) is 0 Å². The molecule has 1 aliphatic carbocycles. The Kier molecular flexibility index (Phi) is 2.92. The van der Waals surface area contributed by atoms with E-state index < -0.39 is 5.97 Å². The summed E-state index contributed by atoms with van der Waals surface area (Å²) in [5, 5.41) is 0. The number of carbonyl (C=O) groups is 1. The van der Waals surface area contributed by atoms with Crippen LogP contribution in [0.5, 0.6) is 0 Å². The van der Waals surface area contributed by atoms with E-state index >= 15 is 0 Å². The zero-order valence-electron chi connectivity index (χ0n) is 10.9. The summed E-state index contributed by atoms with van der Waals surface area (Å²) in [7, 11) is 0. The largest absolute Gasteiger partial charge is 0.357 e. The average Bonchev–Trinajstić information content (AvgIpc) is 3.14. The first-order valence-corrected chi connectivity index (χ1v) is 6.65. The monoisotopic (exact) mass is 264 g/mol. The fraction of sp³-hybridized carbons (Fsp3) is 0.571. The van der Waals surface area contributed by atoms with Gasteiger partial charge in [-0.15, -0.1) is 0 Å². The van der Waals surface area contributed by atoms with Gasteiger partial charge in [0.1, 0.15) is 5.82 Å². The van der Waals surface area contributed by atoms with Crippen LogP contribution >= 0.6 is 0 Å². The second kappa shape index (κ2) is 4.47. The molecular formula is C14H17FN2O2. The van der Waals surface area contributed by atoms with Gasteiger partial charge < -0.3 is 4.90 Å². The van der Waals surface area contributed by atoms with Crippen LogP contribution in [0.4, 0.5) is 10.3 Å². The van der Waals surface area contributed by atoms with E-state index in [2.05, 4.69) is 14.8 Å². The highest BCUT2D eigenvalue weighted by Crippen LogP contribution is 2.60. The van der Waals surface area contributed by atoms with Gasteiger partial charge in [0.25, 0.3) is 0 Å². The number of hydrogen-bond donors (Lipinski definition) is 0. The van der Waals surface area contributed by atoms with Crippen LogP contribution < -0.4 is 4.90 Å². The lowest BCUT2D eigenvalue weighted by atomic mass is 9.91. The summed E-state index contributed by atoms with van der Waals surface area (Å²) in [5.74, 6) is 0.0539. The highest BCUT2D eigenvalue weighted by Gasteiger charge is 2.60. The number of pyridine rings is 1. The van der Waals surface area contributed by atoms with Crippen molar-refractivity contribution < 1.29 is 14.3 Å². The van der Waals surface area contributed by atoms with Crippen molar-refractivity contribution in [1.29, 1.82) is 0 Å². The second-order valence-electron chi connectivity index (χ2n) is 5.70. The Morgan fingerprint density at radius 1 is 1.47 bits per heavy atom. The van der Waals surface area contributed by atoms with Gasteiger partial charge in [-0.25, -0.2) is 9.78 Å². The van der Waals surface area contributed by atoms with E-state index in [1.165, 1.54) is 0 Å². The van der Waals surface area contributed by atoms with Gasteiger partial charge in [-0.1, -0.05) is 6.07 Å². The summed E-state index contributed by atoms with van der Waals surface area (Å²) in [6, 6.07) is 4.07. The molecule has 1 spiro atoms. The van der Waals surface area contributed by atoms with Crippen molar-refractivity contribution in [2.75, 3.05) is 18.0 Å². The number of rotatable bonds is 2. The minimum Gasteiger partial charge on any atom is -0.357 e. The first kappa shape index (κ1) is 12.4. The fourth-order valence-electron chi connectivity index (χ4n) is 3.12. The molecule has 0 aromatic carbocycles. The van der Waals surface area contributed by atoms with Crippen molar-refractivity contribution in [3.8, 4) is 0 Å². The molecule has 2 aliphatic rings. The van der Waals surface area contributed by atoms with Crippen LogP contribution in [0.2, 0.25) is 0 Å². The average molecular weight is 264 g/mol. The molecule has 19 heavy (non-hydrogen) atoms. The molecule has 0 radical (unpaired) electrons. The molecule has 0 bridgehead atoms. The Hall–Kier alpha value is -1.65. The topological polar surface area (TPSA) is 42.4 Å². The van der Waals surface area contributed by atoms with E-state index in [4.69, 9.17) is 0 Å². The Bertz CT molecular complexity index is 481. The minimum absolute atomic E-state index is 0.00955. The molecule has 1 aromatic heterocycles. The summed E-state index contributed by atoms with van der Waals surface area (Å²) < 4.78 is 11.9. The molecular weight excluding hydrogens is 247 g/mol. The molecule has 1 saturated heterocycles. The van der Waals surface area contributed by atoms with Crippen LogP contribution in [0.3, 0.4) is 0 Å². The second-order valence-corrected chi connectivity index (χ2v) is 5.70. The number of hydrogen-bond acceptors (Lipinski definition) is 4. The van der Waals surface area contributed by atoms with E-state index in [0.29, 0.717) is 0 Å². The van der Waals surface area contributed by atoms with Crippen molar-refractivity contribution in [2.24, 2.45) is 11.3 Å². The molecule has 4 nitrogen and oxygen atoms in total. The van der Waals surface area contributed by atoms with Crippen LogP contribution in [0.1, 0.15) is 24.8 Å². The number of aromatic nitrogens is 1. The number of piperidine rings is 1. The van der Waals surface area contributed by atoms with Gasteiger partial charge in [0.05, 0.1) is 5.92 Å². The lowest BCUT2D eigenvalue weighted by Gasteiger charge is -2.33. The lowest BCUT2D eigenvalue weighted by Crippen LogP contribution is -2.36. The first-order valence-electron chi connectivity index (χ1n) is 6.65. The molecule has 1 aliphatic heterocycles. The standard InChI is InChI=1S/C14H17FN2O2/c1-10-2-3-12(16-9-10)17-6-4-14(5-7-17)8-11(14)13(18)19-15/h2-3,9,11H,4-8H2,1H3. The normalized spacial score (nSPS) is 24.3. The first-order chi connectivity index (χ1) is 9.14. The third-order valence-electron chi connectivity index (χ3n) is 4.53. The quantitative estimate of drug-likeness (QED) is 0.822. The molecule has 3 rings (SSSR count). The number of nitrogens with zero attached hydrogens (tertiary/aromatic N) is 2. The van der Waals surface area contributed by atoms with Gasteiger partial charge in [-0.3, -0.25) is 4.94 Å². The van der Waals surface area contributed by atoms with E-state index in [-0.39, 0.29) is 11.3 Å². The zero-order chi connectivity index (χ0) is 13.5. The third kappa shape index (κ3) is 2.17. The van der Waals surface area contributed by atoms with Crippen LogP contribution in [-0.4, -0.2) is 24.0 Å². The number of anilines is 1. The maximum atomic E-state index is 11.9. The molecule has 0 N–H and O–H groups in total. The van der Waals surface area contributed by atoms with E-state index in [1.807, 2.05) is 25.3 Å². The van der Waals surface area contributed by atoms with Gasteiger partial charge in [0, 0.05) is 23.8 Å². The molecule has 1 unspecified atom stereocenters. The Labute approximate surface area is 111 Å². The predicted molar refractivity (Wildman–Crippen MR) is 68.2 cm³/mol. The molecule has 2 heterocycles. The summed E-state index contributed by atoms with van der Waals surface area (Å²) in [6.45, 7) is 3.75. The molecule has 1 saturated carbocycles. The van der Waals surface area contributed by atoms with Gasteiger partial charge in [0.2, 0.25) is 0 Å². The van der Waals surface area contributed by atoms with Crippen LogP contribution in [0.15, 0.2) is 18.3 Å². The molecule has 5 heteroatoms. The van der Waals surface area contributed by atoms with Crippen LogP contribution in [-0.2, 0) is 9.74 Å². The van der Waals surface area contributed by atoms with Gasteiger partial charge in [-0.2, -0.15) is 0 Å². The van der Waals surface area contributed by atoms with E-state index in [9.17, 15) is 9.32 Å². The Balaban J connectivity index is 1.62. The number of aryl methyl sites for hydroxylation is 1. The summed E-state index contributed by atoms with van der Waals surface area (Å²) in [6.07, 6.45) is 4.44. The summed E-state index contributed by atoms with van der Waals surface area (Å²) >= 11 is 0. The summed E-state index contributed by atoms with van der Waals surface area (Å²) in [5.41, 5.74) is 1.13. The highest BCUT2D eigenvalue weighted by molar-refractivity contribution is 5.76. The minimum atomic E-state index is -0.693. The van der Waals surface area contributed by atoms with Crippen molar-refractivity contribution in [2.45, 2.75) is 26.2 Å². The fourth-order valence-corrected chi connectivity index (χ4v) is 3.12. The smallest absolute Gasteiger partial charge is 0.352 e. The Morgan fingerprint density at radius 2 is 2.21 bits per heavy atom.